The van der Waals surface area contributed by atoms with E-state index in [0.717, 1.165) is 23.6 Å². The van der Waals surface area contributed by atoms with Gasteiger partial charge in [-0.05, 0) is 54.8 Å². The standard InChI is InChI=1S/C17H18N4/c1-12-3-4-14(9-13(12)2)10-21-11-19-17(20-21)15-5-7-16(18)8-6-15/h3-9,11H,10,18H2,1-2H3. The van der Waals surface area contributed by atoms with E-state index in [0.29, 0.717) is 0 Å². The SMILES string of the molecule is Cc1ccc(Cn2cnc(-c3ccc(N)cc3)n2)cc1C. The molecule has 0 aliphatic rings. The molecule has 4 heteroatoms. The van der Waals surface area contributed by atoms with Gasteiger partial charge in [0.1, 0.15) is 6.33 Å². The van der Waals surface area contributed by atoms with Crippen molar-refractivity contribution >= 4 is 5.69 Å². The molecule has 1 heterocycles. The molecule has 0 saturated carbocycles. The molecular weight excluding hydrogens is 260 g/mol. The first-order valence-electron chi connectivity index (χ1n) is 6.93. The Bertz CT molecular complexity index is 757. The molecule has 2 N–H and O–H groups in total. The predicted molar refractivity (Wildman–Crippen MR) is 84.9 cm³/mol. The first kappa shape index (κ1) is 13.4. The van der Waals surface area contributed by atoms with E-state index in [9.17, 15) is 0 Å². The average Bonchev–Trinajstić information content (AvgIpc) is 2.92. The molecule has 4 nitrogen and oxygen atoms in total. The summed E-state index contributed by atoms with van der Waals surface area (Å²) in [4.78, 5) is 4.36. The van der Waals surface area contributed by atoms with Crippen LogP contribution in [0.3, 0.4) is 0 Å². The van der Waals surface area contributed by atoms with Crippen LogP contribution >= 0.6 is 0 Å². The zero-order valence-electron chi connectivity index (χ0n) is 12.2. The van der Waals surface area contributed by atoms with E-state index in [4.69, 9.17) is 5.73 Å². The van der Waals surface area contributed by atoms with Gasteiger partial charge in [-0.1, -0.05) is 18.2 Å². The lowest BCUT2D eigenvalue weighted by atomic mass is 10.1. The van der Waals surface area contributed by atoms with E-state index in [2.05, 4.69) is 42.1 Å². The minimum Gasteiger partial charge on any atom is -0.399 e. The van der Waals surface area contributed by atoms with Crippen LogP contribution in [0.25, 0.3) is 11.4 Å². The Morgan fingerprint density at radius 1 is 1.00 bits per heavy atom. The lowest BCUT2D eigenvalue weighted by Crippen LogP contribution is -2.01. The van der Waals surface area contributed by atoms with Crippen molar-refractivity contribution in [2.75, 3.05) is 5.73 Å². The molecule has 0 spiro atoms. The summed E-state index contributed by atoms with van der Waals surface area (Å²) in [5, 5.41) is 4.52. The zero-order valence-corrected chi connectivity index (χ0v) is 12.2. The number of nitrogen functional groups attached to an aromatic ring is 1. The summed E-state index contributed by atoms with van der Waals surface area (Å²) in [7, 11) is 0. The van der Waals surface area contributed by atoms with Gasteiger partial charge in [0.25, 0.3) is 0 Å². The quantitative estimate of drug-likeness (QED) is 0.748. The summed E-state index contributed by atoms with van der Waals surface area (Å²) in [6, 6.07) is 14.1. The summed E-state index contributed by atoms with van der Waals surface area (Å²) in [6.07, 6.45) is 1.76. The molecule has 0 aliphatic heterocycles. The Morgan fingerprint density at radius 3 is 2.48 bits per heavy atom. The number of aryl methyl sites for hydroxylation is 2. The molecular formula is C17H18N4. The molecule has 0 unspecified atom stereocenters. The zero-order chi connectivity index (χ0) is 14.8. The van der Waals surface area contributed by atoms with E-state index in [1.807, 2.05) is 28.9 Å². The van der Waals surface area contributed by atoms with Gasteiger partial charge in [0.05, 0.1) is 6.54 Å². The van der Waals surface area contributed by atoms with Crippen LogP contribution in [0.4, 0.5) is 5.69 Å². The van der Waals surface area contributed by atoms with E-state index in [1.54, 1.807) is 6.33 Å². The number of nitrogens with zero attached hydrogens (tertiary/aromatic N) is 3. The molecule has 3 aromatic rings. The first-order valence-corrected chi connectivity index (χ1v) is 6.93. The second kappa shape index (κ2) is 5.40. The predicted octanol–water partition coefficient (Wildman–Crippen LogP) is 3.19. The van der Waals surface area contributed by atoms with Gasteiger partial charge in [-0.2, -0.15) is 5.10 Å². The largest absolute Gasteiger partial charge is 0.399 e. The number of aromatic nitrogens is 3. The van der Waals surface area contributed by atoms with Gasteiger partial charge in [0, 0.05) is 11.3 Å². The van der Waals surface area contributed by atoms with Crippen molar-refractivity contribution in [1.29, 1.82) is 0 Å². The summed E-state index contributed by atoms with van der Waals surface area (Å²) in [5.41, 5.74) is 11.2. The van der Waals surface area contributed by atoms with Gasteiger partial charge in [-0.15, -0.1) is 0 Å². The molecule has 2 aromatic carbocycles. The highest BCUT2D eigenvalue weighted by atomic mass is 15.3. The molecule has 0 saturated heterocycles. The van der Waals surface area contributed by atoms with E-state index in [1.165, 1.54) is 16.7 Å². The van der Waals surface area contributed by atoms with Crippen LogP contribution in [0.5, 0.6) is 0 Å². The topological polar surface area (TPSA) is 56.7 Å². The normalized spacial score (nSPS) is 10.8. The number of rotatable bonds is 3. The van der Waals surface area contributed by atoms with Crippen LogP contribution in [0.2, 0.25) is 0 Å². The van der Waals surface area contributed by atoms with Gasteiger partial charge in [0.15, 0.2) is 5.82 Å². The van der Waals surface area contributed by atoms with E-state index >= 15 is 0 Å². The van der Waals surface area contributed by atoms with Crippen molar-refractivity contribution in [1.82, 2.24) is 14.8 Å². The molecule has 0 radical (unpaired) electrons. The Balaban J connectivity index is 1.81. The fraction of sp³-hybridized carbons (Fsp3) is 0.176. The van der Waals surface area contributed by atoms with Crippen molar-refractivity contribution < 1.29 is 0 Å². The summed E-state index contributed by atoms with van der Waals surface area (Å²) < 4.78 is 1.86. The van der Waals surface area contributed by atoms with Crippen molar-refractivity contribution in [3.8, 4) is 11.4 Å². The molecule has 3 rings (SSSR count). The maximum atomic E-state index is 5.69. The van der Waals surface area contributed by atoms with Crippen LogP contribution in [0, 0.1) is 13.8 Å². The minimum atomic E-state index is 0.721. The molecule has 0 aliphatic carbocycles. The Morgan fingerprint density at radius 2 is 1.76 bits per heavy atom. The van der Waals surface area contributed by atoms with E-state index in [-0.39, 0.29) is 0 Å². The smallest absolute Gasteiger partial charge is 0.181 e. The third-order valence-corrected chi connectivity index (χ3v) is 3.62. The molecule has 0 amide bonds. The number of hydrogen-bond donors (Lipinski definition) is 1. The Labute approximate surface area is 124 Å². The fourth-order valence-electron chi connectivity index (χ4n) is 2.22. The molecule has 21 heavy (non-hydrogen) atoms. The maximum Gasteiger partial charge on any atom is 0.181 e. The van der Waals surface area contributed by atoms with Crippen LogP contribution in [-0.2, 0) is 6.54 Å². The van der Waals surface area contributed by atoms with Crippen molar-refractivity contribution in [2.24, 2.45) is 0 Å². The highest BCUT2D eigenvalue weighted by molar-refractivity contribution is 5.57. The van der Waals surface area contributed by atoms with Crippen LogP contribution in [0.1, 0.15) is 16.7 Å². The summed E-state index contributed by atoms with van der Waals surface area (Å²) in [5.74, 6) is 0.721. The molecule has 1 aromatic heterocycles. The Kier molecular flexibility index (Phi) is 3.44. The van der Waals surface area contributed by atoms with E-state index < -0.39 is 0 Å². The van der Waals surface area contributed by atoms with Gasteiger partial charge >= 0.3 is 0 Å². The van der Waals surface area contributed by atoms with Crippen LogP contribution in [-0.4, -0.2) is 14.8 Å². The third-order valence-electron chi connectivity index (χ3n) is 3.62. The maximum absolute atomic E-state index is 5.69. The van der Waals surface area contributed by atoms with Gasteiger partial charge < -0.3 is 5.73 Å². The molecule has 0 bridgehead atoms. The van der Waals surface area contributed by atoms with Gasteiger partial charge in [0.2, 0.25) is 0 Å². The number of nitrogens with two attached hydrogens (primary N) is 1. The second-order valence-corrected chi connectivity index (χ2v) is 5.31. The van der Waals surface area contributed by atoms with Crippen molar-refractivity contribution in [3.63, 3.8) is 0 Å². The highest BCUT2D eigenvalue weighted by Crippen LogP contribution is 2.16. The monoisotopic (exact) mass is 278 g/mol. The highest BCUT2D eigenvalue weighted by Gasteiger charge is 2.05. The van der Waals surface area contributed by atoms with Gasteiger partial charge in [-0.3, -0.25) is 0 Å². The average molecular weight is 278 g/mol. The van der Waals surface area contributed by atoms with Gasteiger partial charge in [-0.25, -0.2) is 9.67 Å². The summed E-state index contributed by atoms with van der Waals surface area (Å²) in [6.45, 7) is 4.97. The fourth-order valence-corrected chi connectivity index (χ4v) is 2.22. The first-order chi connectivity index (χ1) is 10.1. The second-order valence-electron chi connectivity index (χ2n) is 5.31. The third kappa shape index (κ3) is 2.94. The Hall–Kier alpha value is -2.62. The number of benzene rings is 2. The molecule has 0 atom stereocenters. The summed E-state index contributed by atoms with van der Waals surface area (Å²) >= 11 is 0. The lowest BCUT2D eigenvalue weighted by Gasteiger charge is -2.05. The van der Waals surface area contributed by atoms with Crippen molar-refractivity contribution in [2.45, 2.75) is 20.4 Å². The minimum absolute atomic E-state index is 0.721. The van der Waals surface area contributed by atoms with Crippen molar-refractivity contribution in [3.05, 3.63) is 65.5 Å². The van der Waals surface area contributed by atoms with Crippen LogP contribution in [0.15, 0.2) is 48.8 Å². The number of anilines is 1. The van der Waals surface area contributed by atoms with Crippen LogP contribution < -0.4 is 5.73 Å². The molecule has 106 valence electrons. The lowest BCUT2D eigenvalue weighted by molar-refractivity contribution is 0.686. The number of hydrogen-bond acceptors (Lipinski definition) is 3. The molecule has 0 fully saturated rings.